The van der Waals surface area contributed by atoms with Gasteiger partial charge in [-0.25, -0.2) is 10.3 Å². The van der Waals surface area contributed by atoms with E-state index < -0.39 is 0 Å². The minimum absolute atomic E-state index is 0. The monoisotopic (exact) mass is 281 g/mol. The fourth-order valence-corrected chi connectivity index (χ4v) is 0.231. The standard InChI is InChI=1S/C3H4N3.CH3.W/c1-3-2-4-6-5-3;;/h1H3,(H,4,5,6);1H3;/q2*-1;+2. The molecule has 0 amide bonds. The molecule has 0 aromatic carbocycles. The van der Waals surface area contributed by atoms with E-state index in [-0.39, 0.29) is 28.5 Å². The predicted octanol–water partition coefficient (Wildman–Crippen LogP) is 0.361. The van der Waals surface area contributed by atoms with Crippen LogP contribution in [0.4, 0.5) is 0 Å². The van der Waals surface area contributed by atoms with Crippen molar-refractivity contribution in [1.29, 1.82) is 0 Å². The Kier molecular flexibility index (Phi) is 6.68. The SMILES string of the molecule is Cc1[c-]n[nH]n1.[CH3-].[W+2]. The van der Waals surface area contributed by atoms with Crippen LogP contribution in [-0.4, -0.2) is 15.4 Å². The van der Waals surface area contributed by atoms with Gasteiger partial charge in [-0.1, -0.05) is 6.92 Å². The molecular formula is C4H7N3W. The Morgan fingerprint density at radius 2 is 2.25 bits per heavy atom. The van der Waals surface area contributed by atoms with Crippen LogP contribution in [-0.2, 0) is 21.1 Å². The Labute approximate surface area is 63.1 Å². The van der Waals surface area contributed by atoms with Gasteiger partial charge in [0, 0.05) is 0 Å². The molecule has 1 heterocycles. The van der Waals surface area contributed by atoms with Crippen molar-refractivity contribution in [2.75, 3.05) is 0 Å². The molecule has 8 heavy (non-hydrogen) atoms. The van der Waals surface area contributed by atoms with E-state index in [0.29, 0.717) is 0 Å². The van der Waals surface area contributed by atoms with Gasteiger partial charge in [-0.05, 0) is 0 Å². The number of aryl methyl sites for hydroxylation is 1. The molecule has 44 valence electrons. The molecule has 3 nitrogen and oxygen atoms in total. The number of nitrogens with zero attached hydrogens (tertiary/aromatic N) is 2. The molecule has 0 radical (unpaired) electrons. The first kappa shape index (κ1) is 10.7. The molecule has 1 aromatic rings. The van der Waals surface area contributed by atoms with Crippen molar-refractivity contribution in [1.82, 2.24) is 15.4 Å². The second-order valence-electron chi connectivity index (χ2n) is 1.02. The van der Waals surface area contributed by atoms with E-state index in [1.165, 1.54) is 0 Å². The summed E-state index contributed by atoms with van der Waals surface area (Å²) in [6.07, 6.45) is 2.58. The van der Waals surface area contributed by atoms with Crippen LogP contribution in [0.25, 0.3) is 0 Å². The quantitative estimate of drug-likeness (QED) is 0.698. The van der Waals surface area contributed by atoms with Crippen LogP contribution in [0.3, 0.4) is 0 Å². The molecule has 0 atom stereocenters. The van der Waals surface area contributed by atoms with Gasteiger partial charge in [0.2, 0.25) is 0 Å². The fraction of sp³-hybridized carbons (Fsp3) is 0.250. The van der Waals surface area contributed by atoms with Crippen molar-refractivity contribution < 1.29 is 21.1 Å². The topological polar surface area (TPSA) is 41.6 Å². The molecule has 4 heteroatoms. The summed E-state index contributed by atoms with van der Waals surface area (Å²) in [5.41, 5.74) is 0.801. The summed E-state index contributed by atoms with van der Waals surface area (Å²) >= 11 is 0. The maximum absolute atomic E-state index is 3.62. The van der Waals surface area contributed by atoms with E-state index in [9.17, 15) is 0 Å². The average molecular weight is 281 g/mol. The van der Waals surface area contributed by atoms with E-state index in [0.717, 1.165) is 5.69 Å². The van der Waals surface area contributed by atoms with Crippen molar-refractivity contribution in [2.45, 2.75) is 6.92 Å². The van der Waals surface area contributed by atoms with Gasteiger partial charge in [0.05, 0.1) is 0 Å². The number of H-pyrrole nitrogens is 1. The summed E-state index contributed by atoms with van der Waals surface area (Å²) in [6, 6.07) is 0. The second kappa shape index (κ2) is 4.97. The molecule has 0 aliphatic rings. The zero-order valence-corrected chi connectivity index (χ0v) is 7.74. The van der Waals surface area contributed by atoms with Gasteiger partial charge >= 0.3 is 21.1 Å². The van der Waals surface area contributed by atoms with Crippen LogP contribution in [0, 0.1) is 20.5 Å². The minimum Gasteiger partial charge on any atom is -0.377 e. The normalized spacial score (nSPS) is 6.62. The molecule has 0 saturated heterocycles. The molecule has 0 aliphatic heterocycles. The molecule has 0 unspecified atom stereocenters. The molecular weight excluding hydrogens is 274 g/mol. The smallest absolute Gasteiger partial charge is 0.377 e. The first-order valence-corrected chi connectivity index (χ1v) is 1.64. The van der Waals surface area contributed by atoms with Crippen molar-refractivity contribution in [3.63, 3.8) is 0 Å². The first-order chi connectivity index (χ1) is 2.89. The zero-order chi connectivity index (χ0) is 4.41. The van der Waals surface area contributed by atoms with E-state index >= 15 is 0 Å². The number of aromatic amines is 1. The molecule has 0 spiro atoms. The minimum atomic E-state index is 0. The summed E-state index contributed by atoms with van der Waals surface area (Å²) in [4.78, 5) is 0. The Balaban J connectivity index is 0. The van der Waals surface area contributed by atoms with Gasteiger partial charge in [0.25, 0.3) is 0 Å². The number of hydrogen-bond donors (Lipinski definition) is 1. The molecule has 1 rings (SSSR count). The van der Waals surface area contributed by atoms with Gasteiger partial charge in [0.1, 0.15) is 0 Å². The van der Waals surface area contributed by atoms with Crippen LogP contribution in [0.1, 0.15) is 5.69 Å². The molecule has 1 N–H and O–H groups in total. The van der Waals surface area contributed by atoms with Crippen molar-refractivity contribution >= 4 is 0 Å². The van der Waals surface area contributed by atoms with Gasteiger partial charge < -0.3 is 18.7 Å². The van der Waals surface area contributed by atoms with E-state index in [1.807, 2.05) is 6.92 Å². The number of hydrogen-bond acceptors (Lipinski definition) is 2. The Morgan fingerprint density at radius 1 is 1.62 bits per heavy atom. The predicted molar refractivity (Wildman–Crippen MR) is 26.4 cm³/mol. The number of aromatic nitrogens is 3. The summed E-state index contributed by atoms with van der Waals surface area (Å²) in [5.74, 6) is 0. The fourth-order valence-electron chi connectivity index (χ4n) is 0.231. The molecule has 0 aliphatic carbocycles. The Bertz CT molecular complexity index is 115. The third-order valence-corrected chi connectivity index (χ3v) is 0.485. The number of nitrogens with one attached hydrogen (secondary N) is 1. The van der Waals surface area contributed by atoms with E-state index in [2.05, 4.69) is 21.6 Å². The summed E-state index contributed by atoms with van der Waals surface area (Å²) in [5, 5.41) is 9.46. The summed E-state index contributed by atoms with van der Waals surface area (Å²) < 4.78 is 0. The van der Waals surface area contributed by atoms with Crippen LogP contribution >= 0.6 is 0 Å². The van der Waals surface area contributed by atoms with Gasteiger partial charge in [-0.3, -0.25) is 0 Å². The summed E-state index contributed by atoms with van der Waals surface area (Å²) in [7, 11) is 0. The molecule has 0 fully saturated rings. The van der Waals surface area contributed by atoms with E-state index in [4.69, 9.17) is 0 Å². The molecule has 1 aromatic heterocycles. The van der Waals surface area contributed by atoms with Gasteiger partial charge in [-0.15, -0.1) is 5.69 Å². The summed E-state index contributed by atoms with van der Waals surface area (Å²) in [6.45, 7) is 1.82. The van der Waals surface area contributed by atoms with Crippen LogP contribution in [0.15, 0.2) is 0 Å². The largest absolute Gasteiger partial charge is 2.00 e. The third kappa shape index (κ3) is 2.91. The van der Waals surface area contributed by atoms with Crippen molar-refractivity contribution in [2.24, 2.45) is 0 Å². The molecule has 0 bridgehead atoms. The first-order valence-electron chi connectivity index (χ1n) is 1.64. The Hall–Kier alpha value is -0.172. The zero-order valence-electron chi connectivity index (χ0n) is 4.80. The average Bonchev–Trinajstić information content (AvgIpc) is 1.86. The van der Waals surface area contributed by atoms with E-state index in [1.54, 1.807) is 0 Å². The number of rotatable bonds is 0. The molecule has 0 saturated carbocycles. The maximum Gasteiger partial charge on any atom is 2.00 e. The van der Waals surface area contributed by atoms with Crippen LogP contribution < -0.4 is 0 Å². The van der Waals surface area contributed by atoms with Gasteiger partial charge in [0.15, 0.2) is 0 Å². The third-order valence-electron chi connectivity index (χ3n) is 0.485. The van der Waals surface area contributed by atoms with Crippen LogP contribution in [0.5, 0.6) is 0 Å². The maximum atomic E-state index is 3.62. The van der Waals surface area contributed by atoms with Crippen LogP contribution in [0.2, 0.25) is 0 Å². The second-order valence-corrected chi connectivity index (χ2v) is 1.02. The van der Waals surface area contributed by atoms with Gasteiger partial charge in [-0.2, -0.15) is 0 Å². The van der Waals surface area contributed by atoms with Crippen molar-refractivity contribution in [3.05, 3.63) is 19.3 Å². The van der Waals surface area contributed by atoms with Crippen molar-refractivity contribution in [3.8, 4) is 0 Å². The Morgan fingerprint density at radius 3 is 2.38 bits per heavy atom.